The van der Waals surface area contributed by atoms with Crippen molar-refractivity contribution in [3.05, 3.63) is 30.5 Å². The molecular formula is C11H11N3O. The fourth-order valence-corrected chi connectivity index (χ4v) is 1.70. The van der Waals surface area contributed by atoms with Crippen LogP contribution in [0.3, 0.4) is 0 Å². The van der Waals surface area contributed by atoms with Crippen molar-refractivity contribution < 1.29 is 4.42 Å². The minimum Gasteiger partial charge on any atom is -0.462 e. The van der Waals surface area contributed by atoms with Gasteiger partial charge in [0.05, 0.1) is 18.5 Å². The molecule has 4 heteroatoms. The lowest BCUT2D eigenvalue weighted by molar-refractivity contribution is 0.617. The first-order chi connectivity index (χ1) is 7.43. The highest BCUT2D eigenvalue weighted by Crippen LogP contribution is 2.23. The molecule has 0 spiro atoms. The maximum atomic E-state index is 5.41. The summed E-state index contributed by atoms with van der Waals surface area (Å²) < 4.78 is 5.41. The monoisotopic (exact) mass is 201 g/mol. The molecule has 0 unspecified atom stereocenters. The van der Waals surface area contributed by atoms with Crippen LogP contribution in [0.2, 0.25) is 0 Å². The Balaban J connectivity index is 1.99. The molecule has 0 fully saturated rings. The van der Waals surface area contributed by atoms with Gasteiger partial charge in [0.25, 0.3) is 0 Å². The van der Waals surface area contributed by atoms with Crippen LogP contribution in [-0.4, -0.2) is 19.0 Å². The van der Waals surface area contributed by atoms with E-state index in [2.05, 4.69) is 15.6 Å². The van der Waals surface area contributed by atoms with Gasteiger partial charge in [-0.3, -0.25) is 4.99 Å². The number of furan rings is 1. The third kappa shape index (κ3) is 1.44. The van der Waals surface area contributed by atoms with Gasteiger partial charge in [0.2, 0.25) is 0 Å². The van der Waals surface area contributed by atoms with Crippen LogP contribution in [0.15, 0.2) is 39.9 Å². The fourth-order valence-electron chi connectivity index (χ4n) is 1.70. The highest BCUT2D eigenvalue weighted by molar-refractivity contribution is 6.01. The number of nitrogens with zero attached hydrogens (tertiary/aromatic N) is 1. The van der Waals surface area contributed by atoms with Gasteiger partial charge < -0.3 is 15.1 Å². The molecule has 1 aromatic carbocycles. The highest BCUT2D eigenvalue weighted by Gasteiger charge is 2.08. The normalized spacial score (nSPS) is 15.1. The van der Waals surface area contributed by atoms with Gasteiger partial charge in [-0.15, -0.1) is 0 Å². The van der Waals surface area contributed by atoms with Crippen LogP contribution in [-0.2, 0) is 0 Å². The minimum absolute atomic E-state index is 0.818. The van der Waals surface area contributed by atoms with Crippen LogP contribution < -0.4 is 10.6 Å². The molecule has 0 atom stereocenters. The van der Waals surface area contributed by atoms with E-state index in [0.717, 1.165) is 35.7 Å². The van der Waals surface area contributed by atoms with E-state index in [0.29, 0.717) is 0 Å². The predicted molar refractivity (Wildman–Crippen MR) is 60.1 cm³/mol. The molecule has 4 nitrogen and oxygen atoms in total. The lowest BCUT2D eigenvalue weighted by Gasteiger charge is -2.06. The standard InChI is InChI=1S/C11H11N3O/c1-2-8-4-7-15-10(8)9(3-1)14-11-12-5-6-13-11/h1-4,7H,5-6H2,(H2,12,13,14). The first kappa shape index (κ1) is 8.35. The number of para-hydroxylation sites is 1. The van der Waals surface area contributed by atoms with Crippen molar-refractivity contribution in [3.63, 3.8) is 0 Å². The molecule has 15 heavy (non-hydrogen) atoms. The highest BCUT2D eigenvalue weighted by atomic mass is 16.3. The van der Waals surface area contributed by atoms with Gasteiger partial charge in [-0.25, -0.2) is 0 Å². The van der Waals surface area contributed by atoms with Crippen molar-refractivity contribution in [2.75, 3.05) is 18.4 Å². The molecule has 1 aliphatic rings. The van der Waals surface area contributed by atoms with Crippen LogP contribution >= 0.6 is 0 Å². The maximum absolute atomic E-state index is 5.41. The number of guanidine groups is 1. The Bertz CT molecular complexity index is 515. The number of benzene rings is 1. The zero-order valence-corrected chi connectivity index (χ0v) is 8.16. The van der Waals surface area contributed by atoms with Gasteiger partial charge in [-0.05, 0) is 12.1 Å². The van der Waals surface area contributed by atoms with Gasteiger partial charge in [0.1, 0.15) is 0 Å². The summed E-state index contributed by atoms with van der Waals surface area (Å²) in [7, 11) is 0. The lowest BCUT2D eigenvalue weighted by atomic mass is 10.2. The molecule has 1 aromatic heterocycles. The van der Waals surface area contributed by atoms with E-state index in [-0.39, 0.29) is 0 Å². The molecule has 2 aromatic rings. The van der Waals surface area contributed by atoms with Crippen LogP contribution in [0, 0.1) is 0 Å². The van der Waals surface area contributed by atoms with Crippen LogP contribution in [0.5, 0.6) is 0 Å². The van der Waals surface area contributed by atoms with Crippen LogP contribution in [0.4, 0.5) is 5.69 Å². The molecule has 2 heterocycles. The summed E-state index contributed by atoms with van der Waals surface area (Å²) in [5.41, 5.74) is 1.82. The van der Waals surface area contributed by atoms with Crippen molar-refractivity contribution in [1.29, 1.82) is 0 Å². The fraction of sp³-hybridized carbons (Fsp3) is 0.182. The number of hydrogen-bond donors (Lipinski definition) is 2. The van der Waals surface area contributed by atoms with E-state index in [9.17, 15) is 0 Å². The summed E-state index contributed by atoms with van der Waals surface area (Å²) in [6.07, 6.45) is 1.69. The second kappa shape index (κ2) is 3.31. The SMILES string of the molecule is c1cc(NC2=NCCN2)c2occc2c1. The second-order valence-electron chi connectivity index (χ2n) is 3.43. The van der Waals surface area contributed by atoms with Crippen LogP contribution in [0.25, 0.3) is 11.0 Å². The predicted octanol–water partition coefficient (Wildman–Crippen LogP) is 1.80. The van der Waals surface area contributed by atoms with Gasteiger partial charge in [-0.2, -0.15) is 0 Å². The number of anilines is 1. The summed E-state index contributed by atoms with van der Waals surface area (Å²) in [4.78, 5) is 4.27. The van der Waals surface area contributed by atoms with Gasteiger partial charge >= 0.3 is 0 Å². The van der Waals surface area contributed by atoms with Crippen molar-refractivity contribution >= 4 is 22.6 Å². The summed E-state index contributed by atoms with van der Waals surface area (Å²) in [5.74, 6) is 0.818. The molecule has 0 aliphatic carbocycles. The summed E-state index contributed by atoms with van der Waals surface area (Å²) in [6.45, 7) is 1.73. The number of rotatable bonds is 1. The topological polar surface area (TPSA) is 49.6 Å². The Morgan fingerprint density at radius 1 is 1.33 bits per heavy atom. The number of nitrogens with one attached hydrogen (secondary N) is 2. The first-order valence-corrected chi connectivity index (χ1v) is 4.95. The average Bonchev–Trinajstić information content (AvgIpc) is 2.87. The first-order valence-electron chi connectivity index (χ1n) is 4.95. The maximum Gasteiger partial charge on any atom is 0.196 e. The minimum atomic E-state index is 0.818. The Hall–Kier alpha value is -1.97. The van der Waals surface area contributed by atoms with Crippen LogP contribution in [0.1, 0.15) is 0 Å². The molecule has 0 bridgehead atoms. The van der Waals surface area contributed by atoms with Crippen molar-refractivity contribution in [2.24, 2.45) is 4.99 Å². The van der Waals surface area contributed by atoms with Gasteiger partial charge in [0.15, 0.2) is 11.5 Å². The largest absolute Gasteiger partial charge is 0.462 e. The van der Waals surface area contributed by atoms with Crippen molar-refractivity contribution in [2.45, 2.75) is 0 Å². The summed E-state index contributed by atoms with van der Waals surface area (Å²) >= 11 is 0. The van der Waals surface area contributed by atoms with E-state index in [1.165, 1.54) is 0 Å². The molecule has 0 saturated heterocycles. The van der Waals surface area contributed by atoms with E-state index in [1.54, 1.807) is 6.26 Å². The zero-order chi connectivity index (χ0) is 10.1. The molecule has 0 amide bonds. The molecule has 2 N–H and O–H groups in total. The Morgan fingerprint density at radius 3 is 3.20 bits per heavy atom. The third-order valence-electron chi connectivity index (χ3n) is 2.41. The average molecular weight is 201 g/mol. The lowest BCUT2D eigenvalue weighted by Crippen LogP contribution is -2.26. The Morgan fingerprint density at radius 2 is 2.33 bits per heavy atom. The molecule has 0 radical (unpaired) electrons. The summed E-state index contributed by atoms with van der Waals surface area (Å²) in [5, 5.41) is 7.47. The van der Waals surface area contributed by atoms with E-state index in [4.69, 9.17) is 4.42 Å². The molecule has 0 saturated carbocycles. The number of fused-ring (bicyclic) bond motifs is 1. The molecular weight excluding hydrogens is 190 g/mol. The third-order valence-corrected chi connectivity index (χ3v) is 2.41. The number of aliphatic imine (C=N–C) groups is 1. The zero-order valence-electron chi connectivity index (χ0n) is 8.16. The molecule has 1 aliphatic heterocycles. The Kier molecular flexibility index (Phi) is 1.84. The quantitative estimate of drug-likeness (QED) is 0.739. The van der Waals surface area contributed by atoms with Gasteiger partial charge in [0, 0.05) is 11.9 Å². The van der Waals surface area contributed by atoms with Crippen molar-refractivity contribution in [1.82, 2.24) is 5.32 Å². The smallest absolute Gasteiger partial charge is 0.196 e. The van der Waals surface area contributed by atoms with E-state index in [1.807, 2.05) is 24.3 Å². The summed E-state index contributed by atoms with van der Waals surface area (Å²) in [6, 6.07) is 7.95. The van der Waals surface area contributed by atoms with Gasteiger partial charge in [-0.1, -0.05) is 12.1 Å². The second-order valence-corrected chi connectivity index (χ2v) is 3.43. The Labute approximate surface area is 87.0 Å². The molecule has 76 valence electrons. The van der Waals surface area contributed by atoms with E-state index >= 15 is 0 Å². The van der Waals surface area contributed by atoms with E-state index < -0.39 is 0 Å². The number of hydrogen-bond acceptors (Lipinski definition) is 4. The van der Waals surface area contributed by atoms with Crippen molar-refractivity contribution in [3.8, 4) is 0 Å². The molecule has 3 rings (SSSR count).